The summed E-state index contributed by atoms with van der Waals surface area (Å²) in [6.45, 7) is 3.23. The van der Waals surface area contributed by atoms with E-state index in [0.29, 0.717) is 41.4 Å². The van der Waals surface area contributed by atoms with Crippen LogP contribution in [0.25, 0.3) is 11.3 Å². The maximum absolute atomic E-state index is 14.2. The lowest BCUT2D eigenvalue weighted by Crippen LogP contribution is -2.52. The van der Waals surface area contributed by atoms with E-state index in [9.17, 15) is 14.0 Å². The molecule has 0 saturated carbocycles. The molecule has 9 heteroatoms. The fourth-order valence-electron chi connectivity index (χ4n) is 4.19. The van der Waals surface area contributed by atoms with E-state index in [1.165, 1.54) is 6.07 Å². The average molecular weight is 468 g/mol. The van der Waals surface area contributed by atoms with Gasteiger partial charge in [0, 0.05) is 37.3 Å². The Morgan fingerprint density at radius 1 is 1.26 bits per heavy atom. The Bertz CT molecular complexity index is 1140. The molecule has 0 radical (unpaired) electrons. The maximum Gasteiger partial charge on any atom is 0.226 e. The van der Waals surface area contributed by atoms with Gasteiger partial charge >= 0.3 is 0 Å². The van der Waals surface area contributed by atoms with Gasteiger partial charge in [-0.1, -0.05) is 30.1 Å². The normalized spacial score (nSPS) is 15.1. The minimum Gasteiger partial charge on any atom is -0.361 e. The van der Waals surface area contributed by atoms with Crippen LogP contribution in [0, 0.1) is 18.7 Å². The number of halogens is 1. The summed E-state index contributed by atoms with van der Waals surface area (Å²) in [5.74, 6) is 0.823. The number of rotatable bonds is 11. The fourth-order valence-corrected chi connectivity index (χ4v) is 4.19. The number of imidazole rings is 1. The second-order valence-corrected chi connectivity index (χ2v) is 8.98. The van der Waals surface area contributed by atoms with Gasteiger partial charge in [-0.25, -0.2) is 9.37 Å². The number of carbonyl (C=O) groups is 2. The Morgan fingerprint density at radius 2 is 2.06 bits per heavy atom. The molecular formula is C25H30FN5O3. The van der Waals surface area contributed by atoms with Crippen molar-refractivity contribution in [1.29, 1.82) is 0 Å². The summed E-state index contributed by atoms with van der Waals surface area (Å²) in [5, 5.41) is 6.89. The highest BCUT2D eigenvalue weighted by atomic mass is 19.1. The zero-order chi connectivity index (χ0) is 24.1. The number of carbonyl (C=O) groups excluding carboxylic acids is 2. The van der Waals surface area contributed by atoms with Crippen LogP contribution in [0.3, 0.4) is 0 Å². The summed E-state index contributed by atoms with van der Waals surface area (Å²) in [5.41, 5.74) is 1.28. The van der Waals surface area contributed by atoms with Gasteiger partial charge in [0.25, 0.3) is 0 Å². The van der Waals surface area contributed by atoms with Crippen molar-refractivity contribution in [3.63, 3.8) is 0 Å². The number of aryl methyl sites for hydroxylation is 1. The topological polar surface area (TPSA) is 104 Å². The van der Waals surface area contributed by atoms with E-state index in [1.807, 2.05) is 7.05 Å². The minimum absolute atomic E-state index is 0.00326. The van der Waals surface area contributed by atoms with Gasteiger partial charge < -0.3 is 19.7 Å². The van der Waals surface area contributed by atoms with Gasteiger partial charge in [-0.3, -0.25) is 9.59 Å². The number of nitrogens with one attached hydrogen (secondary N) is 2. The van der Waals surface area contributed by atoms with Crippen molar-refractivity contribution in [3.05, 3.63) is 59.6 Å². The van der Waals surface area contributed by atoms with E-state index in [1.54, 1.807) is 37.4 Å². The van der Waals surface area contributed by atoms with Gasteiger partial charge in [0.1, 0.15) is 23.1 Å². The first-order valence-corrected chi connectivity index (χ1v) is 11.7. The third kappa shape index (κ3) is 5.77. The van der Waals surface area contributed by atoms with Crippen molar-refractivity contribution in [2.45, 2.75) is 45.1 Å². The molecule has 2 N–H and O–H groups in total. The van der Waals surface area contributed by atoms with E-state index in [-0.39, 0.29) is 29.5 Å². The van der Waals surface area contributed by atoms with Crippen LogP contribution >= 0.6 is 0 Å². The smallest absolute Gasteiger partial charge is 0.226 e. The molecule has 0 aliphatic carbocycles. The maximum atomic E-state index is 14.2. The largest absolute Gasteiger partial charge is 0.361 e. The first-order chi connectivity index (χ1) is 16.4. The summed E-state index contributed by atoms with van der Waals surface area (Å²) >= 11 is 0. The van der Waals surface area contributed by atoms with Crippen molar-refractivity contribution in [2.24, 2.45) is 5.92 Å². The van der Waals surface area contributed by atoms with Crippen LogP contribution < -0.4 is 5.32 Å². The average Bonchev–Trinajstić information content (AvgIpc) is 3.45. The van der Waals surface area contributed by atoms with Crippen LogP contribution in [0.2, 0.25) is 0 Å². The molecule has 0 spiro atoms. The number of Topliss-reactive ketones (excluding diaryl/α,β-unsaturated/α-hetero) is 1. The first kappa shape index (κ1) is 23.8. The predicted molar refractivity (Wildman–Crippen MR) is 125 cm³/mol. The van der Waals surface area contributed by atoms with Crippen LogP contribution in [-0.2, 0) is 4.79 Å². The molecular weight excluding hydrogens is 437 g/mol. The fraction of sp³-hybridized carbons (Fsp3) is 0.440. The summed E-state index contributed by atoms with van der Waals surface area (Å²) in [6, 6.07) is 7.82. The molecule has 1 aromatic carbocycles. The van der Waals surface area contributed by atoms with Gasteiger partial charge in [-0.15, -0.1) is 0 Å². The summed E-state index contributed by atoms with van der Waals surface area (Å²) in [4.78, 5) is 34.7. The molecule has 1 amide bonds. The molecule has 8 nitrogen and oxygen atoms in total. The number of ketones is 1. The van der Waals surface area contributed by atoms with E-state index in [4.69, 9.17) is 4.52 Å². The number of nitrogens with zero attached hydrogens (tertiary/aromatic N) is 3. The zero-order valence-electron chi connectivity index (χ0n) is 19.5. The summed E-state index contributed by atoms with van der Waals surface area (Å²) < 4.78 is 19.2. The summed E-state index contributed by atoms with van der Waals surface area (Å²) in [7, 11) is 1.98. The Kier molecular flexibility index (Phi) is 7.52. The van der Waals surface area contributed by atoms with Gasteiger partial charge in [0.2, 0.25) is 5.91 Å². The third-order valence-corrected chi connectivity index (χ3v) is 6.14. The molecule has 1 fully saturated rings. The second-order valence-electron chi connectivity index (χ2n) is 8.98. The number of amides is 1. The van der Waals surface area contributed by atoms with Gasteiger partial charge in [0.05, 0.1) is 17.7 Å². The highest BCUT2D eigenvalue weighted by Gasteiger charge is 2.31. The molecule has 1 aliphatic rings. The molecule has 1 atom stereocenters. The number of aromatic nitrogens is 3. The minimum atomic E-state index is -0.342. The van der Waals surface area contributed by atoms with E-state index < -0.39 is 0 Å². The molecule has 0 bridgehead atoms. The van der Waals surface area contributed by atoms with Crippen molar-refractivity contribution >= 4 is 11.7 Å². The number of H-pyrrole nitrogens is 1. The molecule has 3 aromatic rings. The van der Waals surface area contributed by atoms with Crippen LogP contribution in [0.5, 0.6) is 0 Å². The summed E-state index contributed by atoms with van der Waals surface area (Å²) in [6.07, 6.45) is 5.07. The predicted octanol–water partition coefficient (Wildman–Crippen LogP) is 4.06. The lowest BCUT2D eigenvalue weighted by Gasteiger charge is -2.35. The van der Waals surface area contributed by atoms with Crippen LogP contribution in [0.15, 0.2) is 41.1 Å². The van der Waals surface area contributed by atoms with Crippen molar-refractivity contribution in [3.8, 4) is 11.3 Å². The highest BCUT2D eigenvalue weighted by molar-refractivity contribution is 5.94. The zero-order valence-corrected chi connectivity index (χ0v) is 19.5. The number of unbranched alkanes of at least 4 members (excludes halogenated alkanes) is 2. The lowest BCUT2D eigenvalue weighted by molar-refractivity contribution is -0.130. The Balaban J connectivity index is 1.36. The number of benzene rings is 1. The Labute approximate surface area is 197 Å². The van der Waals surface area contributed by atoms with Crippen LogP contribution in [-0.4, -0.2) is 51.9 Å². The number of likely N-dealkylation sites (tertiary alicyclic amines) is 1. The Hall–Kier alpha value is -3.33. The third-order valence-electron chi connectivity index (χ3n) is 6.14. The molecule has 4 rings (SSSR count). The van der Waals surface area contributed by atoms with Gasteiger partial charge in [-0.2, -0.15) is 0 Å². The van der Waals surface area contributed by atoms with Crippen LogP contribution in [0.4, 0.5) is 4.39 Å². The molecule has 1 saturated heterocycles. The first-order valence-electron chi connectivity index (χ1n) is 11.7. The molecule has 2 aromatic heterocycles. The van der Waals surface area contributed by atoms with Crippen molar-refractivity contribution in [1.82, 2.24) is 25.3 Å². The SMILES string of the molecule is Cc1cc(C(=O)CCCCC[C@H](NC(=O)C2CN(C)C2)c2nc(-c3ccccc3F)c[nH]2)no1. The van der Waals surface area contributed by atoms with Crippen molar-refractivity contribution in [2.75, 3.05) is 20.1 Å². The second kappa shape index (κ2) is 10.7. The number of hydrogen-bond acceptors (Lipinski definition) is 6. The molecule has 3 heterocycles. The molecule has 1 aliphatic heterocycles. The quantitative estimate of drug-likeness (QED) is 0.326. The molecule has 34 heavy (non-hydrogen) atoms. The van der Waals surface area contributed by atoms with Gasteiger partial charge in [-0.05, 0) is 38.9 Å². The Morgan fingerprint density at radius 3 is 2.76 bits per heavy atom. The molecule has 0 unspecified atom stereocenters. The van der Waals surface area contributed by atoms with Crippen molar-refractivity contribution < 1.29 is 18.5 Å². The monoisotopic (exact) mass is 467 g/mol. The van der Waals surface area contributed by atoms with E-state index >= 15 is 0 Å². The standard InChI is InChI=1S/C25H30FN5O3/c1-16-12-21(30-34-16)23(32)11-5-3-4-10-20(29-25(33)17-14-31(2)15-17)24-27-13-22(28-24)18-8-6-7-9-19(18)26/h6-9,12-13,17,20H,3-5,10-11,14-15H2,1-2H3,(H,27,28)(H,29,33)/t20-/m0/s1. The van der Waals surface area contributed by atoms with E-state index in [0.717, 1.165) is 32.4 Å². The number of aromatic amines is 1. The van der Waals surface area contributed by atoms with Crippen LogP contribution in [0.1, 0.15) is 60.2 Å². The van der Waals surface area contributed by atoms with E-state index in [2.05, 4.69) is 25.3 Å². The molecule has 180 valence electrons. The lowest BCUT2D eigenvalue weighted by atomic mass is 9.98. The highest BCUT2D eigenvalue weighted by Crippen LogP contribution is 2.25. The van der Waals surface area contributed by atoms with Gasteiger partial charge in [0.15, 0.2) is 5.78 Å². The number of hydrogen-bond donors (Lipinski definition) is 2.